The van der Waals surface area contributed by atoms with Crippen molar-refractivity contribution in [3.63, 3.8) is 0 Å². The summed E-state index contributed by atoms with van der Waals surface area (Å²) < 4.78 is 0.734. The Morgan fingerprint density at radius 1 is 1.22 bits per heavy atom. The molecule has 0 unspecified atom stereocenters. The molecule has 9 heteroatoms. The van der Waals surface area contributed by atoms with Crippen molar-refractivity contribution in [2.75, 3.05) is 10.2 Å². The molecule has 0 saturated carbocycles. The van der Waals surface area contributed by atoms with E-state index in [2.05, 4.69) is 21.2 Å². The van der Waals surface area contributed by atoms with Crippen LogP contribution in [-0.4, -0.2) is 33.2 Å². The summed E-state index contributed by atoms with van der Waals surface area (Å²) in [7, 11) is 0. The topological polar surface area (TPSA) is 107 Å². The van der Waals surface area contributed by atoms with Gasteiger partial charge in [-0.2, -0.15) is 0 Å². The average Bonchev–Trinajstić information content (AvgIpc) is 3.04. The number of carbonyl (C=O) groups is 3. The number of carboxylic acid groups (broad SMARTS) is 1. The number of hydrogen-bond donors (Lipinski definition) is 3. The van der Waals surface area contributed by atoms with E-state index in [1.54, 1.807) is 18.2 Å². The zero-order chi connectivity index (χ0) is 19.3. The fourth-order valence-electron chi connectivity index (χ4n) is 3.38. The summed E-state index contributed by atoms with van der Waals surface area (Å²) in [5.41, 5.74) is 1.56. The highest BCUT2D eigenvalue weighted by atomic mass is 79.9. The number of fused-ring (bicyclic) bond motifs is 2. The molecule has 0 bridgehead atoms. The highest BCUT2D eigenvalue weighted by Gasteiger charge is 2.62. The van der Waals surface area contributed by atoms with Crippen LogP contribution in [0.4, 0.5) is 11.4 Å². The predicted molar refractivity (Wildman–Crippen MR) is 104 cm³/mol. The number of thioether (sulfide) groups is 1. The number of phenols is 1. The molecule has 27 heavy (non-hydrogen) atoms. The molecule has 3 N–H and O–H groups in total. The second kappa shape index (κ2) is 6.28. The highest BCUT2D eigenvalue weighted by Crippen LogP contribution is 2.57. The fourth-order valence-corrected chi connectivity index (χ4v) is 5.34. The number of hydrogen-bond acceptors (Lipinski definition) is 5. The molecule has 2 aromatic carbocycles. The maximum absolute atomic E-state index is 13.1. The summed E-state index contributed by atoms with van der Waals surface area (Å²) in [4.78, 5) is 37.3. The molecule has 1 fully saturated rings. The highest BCUT2D eigenvalue weighted by molar-refractivity contribution is 9.10. The lowest BCUT2D eigenvalue weighted by Crippen LogP contribution is -2.47. The number of benzene rings is 2. The minimum atomic E-state index is -1.41. The molecule has 1 spiro atoms. The van der Waals surface area contributed by atoms with Gasteiger partial charge in [-0.3, -0.25) is 19.3 Å². The van der Waals surface area contributed by atoms with Crippen molar-refractivity contribution < 1.29 is 24.6 Å². The third-order valence-electron chi connectivity index (χ3n) is 4.49. The molecule has 0 radical (unpaired) electrons. The maximum Gasteiger partial charge on any atom is 0.305 e. The largest absolute Gasteiger partial charge is 0.508 e. The Hall–Kier alpha value is -2.52. The van der Waals surface area contributed by atoms with Gasteiger partial charge in [-0.05, 0) is 42.5 Å². The second-order valence-corrected chi connectivity index (χ2v) is 8.49. The molecule has 2 aliphatic rings. The summed E-state index contributed by atoms with van der Waals surface area (Å²) in [6.45, 7) is 0. The van der Waals surface area contributed by atoms with Gasteiger partial charge < -0.3 is 15.5 Å². The summed E-state index contributed by atoms with van der Waals surface area (Å²) >= 11 is 4.42. The number of aromatic hydroxyl groups is 1. The molecule has 4 rings (SSSR count). The summed E-state index contributed by atoms with van der Waals surface area (Å²) in [5, 5.41) is 20.6. The Morgan fingerprint density at radius 3 is 2.59 bits per heavy atom. The number of nitrogens with one attached hydrogen (secondary N) is 1. The molecular formula is C18H13BrN2O5S. The minimum Gasteiger partial charge on any atom is -0.508 e. The van der Waals surface area contributed by atoms with E-state index in [0.29, 0.717) is 16.9 Å². The van der Waals surface area contributed by atoms with Crippen molar-refractivity contribution in [2.24, 2.45) is 0 Å². The Bertz CT molecular complexity index is 980. The lowest BCUT2D eigenvalue weighted by Gasteiger charge is -2.32. The number of phenolic OH excluding ortho intramolecular Hbond substituents is 1. The van der Waals surface area contributed by atoms with Crippen molar-refractivity contribution >= 4 is 56.9 Å². The SMILES string of the molecule is O=C(O)C[C@@H]1S[C@]2(C(=O)Nc3ccc(Br)cc32)N(c2ccc(O)cc2)C1=O. The van der Waals surface area contributed by atoms with Gasteiger partial charge in [0.25, 0.3) is 5.91 Å². The fraction of sp³-hybridized carbons (Fsp3) is 0.167. The number of nitrogens with zero attached hydrogens (tertiary/aromatic N) is 1. The lowest BCUT2D eigenvalue weighted by molar-refractivity contribution is -0.138. The van der Waals surface area contributed by atoms with Gasteiger partial charge in [0.05, 0.1) is 11.7 Å². The van der Waals surface area contributed by atoms with E-state index >= 15 is 0 Å². The molecule has 2 aliphatic heterocycles. The van der Waals surface area contributed by atoms with Crippen LogP contribution in [0.5, 0.6) is 5.75 Å². The Labute approximate surface area is 166 Å². The van der Waals surface area contributed by atoms with Gasteiger partial charge in [-0.15, -0.1) is 11.8 Å². The van der Waals surface area contributed by atoms with E-state index in [1.807, 2.05) is 0 Å². The van der Waals surface area contributed by atoms with Crippen LogP contribution < -0.4 is 10.2 Å². The first kappa shape index (κ1) is 17.9. The van der Waals surface area contributed by atoms with E-state index in [9.17, 15) is 24.6 Å². The monoisotopic (exact) mass is 448 g/mol. The molecule has 138 valence electrons. The first-order valence-electron chi connectivity index (χ1n) is 7.97. The second-order valence-electron chi connectivity index (χ2n) is 6.18. The summed E-state index contributed by atoms with van der Waals surface area (Å²) in [6.07, 6.45) is -0.392. The van der Waals surface area contributed by atoms with Gasteiger partial charge in [0.2, 0.25) is 10.8 Å². The van der Waals surface area contributed by atoms with Crippen LogP contribution in [0.3, 0.4) is 0 Å². The van der Waals surface area contributed by atoms with Crippen LogP contribution in [0.1, 0.15) is 12.0 Å². The van der Waals surface area contributed by atoms with E-state index < -0.39 is 34.3 Å². The number of anilines is 2. The van der Waals surface area contributed by atoms with Gasteiger partial charge in [0.1, 0.15) is 5.75 Å². The van der Waals surface area contributed by atoms with Gasteiger partial charge in [-0.25, -0.2) is 0 Å². The maximum atomic E-state index is 13.1. The Kier molecular flexibility index (Phi) is 4.15. The standard InChI is InChI=1S/C18H13BrN2O5S/c19-9-1-6-13-12(7-9)18(17(26)20-13)21(10-2-4-11(22)5-3-10)16(25)14(27-18)8-15(23)24/h1-7,14,22H,8H2,(H,20,26)(H,23,24)/t14-,18+/m0/s1. The average molecular weight is 449 g/mol. The van der Waals surface area contributed by atoms with Crippen LogP contribution >= 0.6 is 27.7 Å². The van der Waals surface area contributed by atoms with Crippen molar-refractivity contribution in [1.29, 1.82) is 0 Å². The third-order valence-corrected chi connectivity index (χ3v) is 6.57. The zero-order valence-corrected chi connectivity index (χ0v) is 16.1. The number of halogens is 1. The number of carbonyl (C=O) groups excluding carboxylic acids is 2. The molecule has 2 aromatic rings. The van der Waals surface area contributed by atoms with Gasteiger partial charge in [-0.1, -0.05) is 15.9 Å². The summed E-state index contributed by atoms with van der Waals surface area (Å²) in [5.74, 6) is -1.96. The Morgan fingerprint density at radius 2 is 1.93 bits per heavy atom. The number of amides is 2. The molecule has 1 saturated heterocycles. The number of carboxylic acids is 1. The molecule has 0 aliphatic carbocycles. The predicted octanol–water partition coefficient (Wildman–Crippen LogP) is 2.88. The number of aliphatic carboxylic acids is 1. The zero-order valence-electron chi connectivity index (χ0n) is 13.7. The Balaban J connectivity index is 1.92. The van der Waals surface area contributed by atoms with Crippen LogP contribution in [-0.2, 0) is 19.3 Å². The van der Waals surface area contributed by atoms with Crippen LogP contribution in [0, 0.1) is 0 Å². The first-order valence-corrected chi connectivity index (χ1v) is 9.64. The molecule has 2 atom stereocenters. The molecule has 2 amide bonds. The van der Waals surface area contributed by atoms with E-state index in [1.165, 1.54) is 29.2 Å². The van der Waals surface area contributed by atoms with Gasteiger partial charge in [0, 0.05) is 21.4 Å². The molecule has 2 heterocycles. The van der Waals surface area contributed by atoms with Crippen molar-refractivity contribution in [1.82, 2.24) is 0 Å². The minimum absolute atomic E-state index is 0.0215. The van der Waals surface area contributed by atoms with Crippen molar-refractivity contribution in [3.8, 4) is 5.75 Å². The van der Waals surface area contributed by atoms with Crippen molar-refractivity contribution in [3.05, 3.63) is 52.5 Å². The van der Waals surface area contributed by atoms with Crippen LogP contribution in [0.15, 0.2) is 46.9 Å². The van der Waals surface area contributed by atoms with E-state index in [0.717, 1.165) is 16.2 Å². The lowest BCUT2D eigenvalue weighted by atomic mass is 10.0. The normalized spacial score (nSPS) is 23.6. The smallest absolute Gasteiger partial charge is 0.305 e. The molecule has 7 nitrogen and oxygen atoms in total. The summed E-state index contributed by atoms with van der Waals surface area (Å²) in [6, 6.07) is 11.2. The van der Waals surface area contributed by atoms with E-state index in [-0.39, 0.29) is 5.75 Å². The quantitative estimate of drug-likeness (QED) is 0.666. The third kappa shape index (κ3) is 2.69. The van der Waals surface area contributed by atoms with Gasteiger partial charge >= 0.3 is 5.97 Å². The van der Waals surface area contributed by atoms with Gasteiger partial charge in [0.15, 0.2) is 0 Å². The molecule has 0 aromatic heterocycles. The van der Waals surface area contributed by atoms with Crippen LogP contribution in [0.2, 0.25) is 0 Å². The number of rotatable bonds is 3. The van der Waals surface area contributed by atoms with Crippen molar-refractivity contribution in [2.45, 2.75) is 16.5 Å². The first-order chi connectivity index (χ1) is 12.8. The molecular weight excluding hydrogens is 436 g/mol. The van der Waals surface area contributed by atoms with Crippen LogP contribution in [0.25, 0.3) is 0 Å². The van der Waals surface area contributed by atoms with E-state index in [4.69, 9.17) is 0 Å².